The van der Waals surface area contributed by atoms with Crippen LogP contribution in [0.4, 0.5) is 11.8 Å². The number of nitrogens with two attached hydrogens (primary N) is 1. The Labute approximate surface area is 270 Å². The maximum Gasteiger partial charge on any atom is 0.211 e. The summed E-state index contributed by atoms with van der Waals surface area (Å²) in [5.74, 6) is -1.24. The number of fused-ring (bicyclic) bond motifs is 2. The molecule has 6 rings (SSSR count). The number of rotatable bonds is 7. The molecule has 0 amide bonds. The molecule has 1 aliphatic heterocycles. The van der Waals surface area contributed by atoms with E-state index in [-0.39, 0.29) is 28.0 Å². The molecule has 4 aromatic rings. The molecule has 1 fully saturated rings. The van der Waals surface area contributed by atoms with Crippen LogP contribution in [-0.4, -0.2) is 104 Å². The van der Waals surface area contributed by atoms with E-state index in [1.807, 2.05) is 22.9 Å². The van der Waals surface area contributed by atoms with E-state index in [1.54, 1.807) is 12.3 Å². The second-order valence-corrected chi connectivity index (χ2v) is 12.6. The highest BCUT2D eigenvalue weighted by molar-refractivity contribution is 7.99. The molecule has 0 bridgehead atoms. The van der Waals surface area contributed by atoms with Crippen molar-refractivity contribution in [3.8, 4) is 0 Å². The number of hydrogen-bond donors (Lipinski definition) is 1. The predicted molar refractivity (Wildman–Crippen MR) is 177 cm³/mol. The molecule has 1 spiro atoms. The highest BCUT2D eigenvalue weighted by Gasteiger charge is 2.47. The summed E-state index contributed by atoms with van der Waals surface area (Å²) in [5.41, 5.74) is 9.75. The van der Waals surface area contributed by atoms with E-state index in [2.05, 4.69) is 25.9 Å². The van der Waals surface area contributed by atoms with Crippen LogP contribution in [0.25, 0.3) is 5.65 Å². The predicted octanol–water partition coefficient (Wildman–Crippen LogP) is 0.830. The van der Waals surface area contributed by atoms with Gasteiger partial charge in [-0.05, 0) is 54.1 Å². The summed E-state index contributed by atoms with van der Waals surface area (Å²) in [5, 5.41) is -1.58. The third-order valence-corrected chi connectivity index (χ3v) is 9.94. The Morgan fingerprint density at radius 1 is 1.02 bits per heavy atom. The van der Waals surface area contributed by atoms with E-state index in [1.165, 1.54) is 22.9 Å². The van der Waals surface area contributed by atoms with E-state index in [9.17, 15) is 0 Å². The summed E-state index contributed by atoms with van der Waals surface area (Å²) in [6, 6.07) is 5.68. The van der Waals surface area contributed by atoms with Gasteiger partial charge in [-0.1, -0.05) is 34.5 Å². The zero-order valence-corrected chi connectivity index (χ0v) is 24.9. The lowest BCUT2D eigenvalue weighted by Gasteiger charge is -2.42. The van der Waals surface area contributed by atoms with Gasteiger partial charge in [0.05, 0.1) is 64.8 Å². The summed E-state index contributed by atoms with van der Waals surface area (Å²) in [6.07, 6.45) is 9.48. The number of piperidine rings is 1. The number of anilines is 2. The SMILES string of the molecule is [B]C([B])N(c1nccc(Sc2c(C([B])([B])[B])nc(N3CCC4(CC3)Cc3ncccc3[C@H]4N)n3ccnc23)c1Cl)C([B])[B]. The van der Waals surface area contributed by atoms with E-state index >= 15 is 0 Å². The Balaban J connectivity index is 1.35. The number of imidazole rings is 1. The highest BCUT2D eigenvalue weighted by atomic mass is 35.5. The molecule has 200 valence electrons. The van der Waals surface area contributed by atoms with Gasteiger partial charge in [0.1, 0.15) is 5.82 Å². The Morgan fingerprint density at radius 3 is 2.40 bits per heavy atom. The van der Waals surface area contributed by atoms with Gasteiger partial charge in [0.15, 0.2) is 5.65 Å². The van der Waals surface area contributed by atoms with Gasteiger partial charge in [-0.25, -0.2) is 15.0 Å². The lowest BCUT2D eigenvalue weighted by molar-refractivity contribution is 0.186. The first kappa shape index (κ1) is 30.6. The summed E-state index contributed by atoms with van der Waals surface area (Å²) in [4.78, 5) is 23.0. The van der Waals surface area contributed by atoms with E-state index < -0.39 is 16.8 Å². The Morgan fingerprint density at radius 2 is 1.74 bits per heavy atom. The quantitative estimate of drug-likeness (QED) is 0.318. The molecule has 43 heavy (non-hydrogen) atoms. The Kier molecular flexibility index (Phi) is 8.18. The van der Waals surface area contributed by atoms with E-state index in [4.69, 9.17) is 77.2 Å². The van der Waals surface area contributed by atoms with Crippen LogP contribution in [-0.2, 0) is 11.5 Å². The largest absolute Gasteiger partial charge is 0.384 e. The summed E-state index contributed by atoms with van der Waals surface area (Å²) in [6.45, 7) is 1.43. The molecule has 0 saturated carbocycles. The average Bonchev–Trinajstić information content (AvgIpc) is 3.54. The minimum atomic E-state index is -1.80. The molecule has 8 nitrogen and oxygen atoms in total. The maximum atomic E-state index is 6.78. The number of nitrogens with zero attached hydrogens (tertiary/aromatic N) is 7. The lowest BCUT2D eigenvalue weighted by atomic mass is 9.41. The molecule has 2 N–H and O–H groups in total. The van der Waals surface area contributed by atoms with Crippen LogP contribution in [0.1, 0.15) is 35.8 Å². The standard InChI is InChI=1S/C26H22B7ClN8S/c27-22(28)42(23(29)30)20-16(34)15(3-7-37-20)43-17-19(26(31,32)33)39-24(41-11-8-38-21(17)41)40-9-4-25(5-10-40)12-14-13(18(25)35)2-1-6-36-14/h1-3,6-8,11,18,22-23H,4-5,9-10,12,35H2/t18-/m1/s1. The van der Waals surface area contributed by atoms with Crippen molar-refractivity contribution in [1.29, 1.82) is 0 Å². The fraction of sp³-hybridized carbons (Fsp3) is 0.385. The Hall–Kier alpha value is -2.43. The van der Waals surface area contributed by atoms with Crippen molar-refractivity contribution in [2.45, 2.75) is 51.9 Å². The van der Waals surface area contributed by atoms with Crippen LogP contribution in [0.3, 0.4) is 0 Å². The van der Waals surface area contributed by atoms with Crippen molar-refractivity contribution in [2.24, 2.45) is 11.1 Å². The molecule has 4 aromatic heterocycles. The smallest absolute Gasteiger partial charge is 0.211 e. The first-order chi connectivity index (χ1) is 20.4. The first-order valence-corrected chi connectivity index (χ1v) is 14.9. The molecule has 0 unspecified atom stereocenters. The normalized spacial score (nSPS) is 18.1. The first-order valence-electron chi connectivity index (χ1n) is 13.7. The monoisotopic (exact) mass is 590 g/mol. The number of pyridine rings is 2. The topological polar surface area (TPSA) is 88.5 Å². The van der Waals surface area contributed by atoms with Crippen molar-refractivity contribution < 1.29 is 0 Å². The van der Waals surface area contributed by atoms with Crippen LogP contribution in [0, 0.1) is 5.41 Å². The fourth-order valence-corrected chi connectivity index (χ4v) is 7.53. The van der Waals surface area contributed by atoms with Crippen molar-refractivity contribution in [3.63, 3.8) is 0 Å². The van der Waals surface area contributed by atoms with Crippen LogP contribution < -0.4 is 15.5 Å². The molecule has 17 heteroatoms. The van der Waals surface area contributed by atoms with Crippen molar-refractivity contribution >= 4 is 95.7 Å². The number of halogens is 1. The molecule has 14 radical (unpaired) electrons. The van der Waals surface area contributed by atoms with E-state index in [0.29, 0.717) is 34.5 Å². The molecular weight excluding hydrogens is 568 g/mol. The van der Waals surface area contributed by atoms with Crippen LogP contribution >= 0.6 is 23.4 Å². The lowest BCUT2D eigenvalue weighted by Crippen LogP contribution is -2.45. The van der Waals surface area contributed by atoms with Crippen molar-refractivity contribution in [3.05, 3.63) is 65.0 Å². The van der Waals surface area contributed by atoms with Gasteiger partial charge in [-0.2, -0.15) is 0 Å². The summed E-state index contributed by atoms with van der Waals surface area (Å²) < 4.78 is 1.90. The zero-order valence-electron chi connectivity index (χ0n) is 23.3. The fourth-order valence-electron chi connectivity index (χ4n) is 6.11. The van der Waals surface area contributed by atoms with Gasteiger partial charge in [0.25, 0.3) is 0 Å². The van der Waals surface area contributed by atoms with Crippen molar-refractivity contribution in [1.82, 2.24) is 24.3 Å². The van der Waals surface area contributed by atoms with Crippen LogP contribution in [0.2, 0.25) is 5.02 Å². The molecular formula is C26H22B7ClN8S. The number of aromatic nitrogens is 5. The minimum absolute atomic E-state index is 0.0545. The zero-order chi connectivity index (χ0) is 30.7. The molecule has 1 saturated heterocycles. The van der Waals surface area contributed by atoms with Gasteiger partial charge >= 0.3 is 0 Å². The van der Waals surface area contributed by atoms with Gasteiger partial charge in [0, 0.05) is 60.2 Å². The molecule has 2 aliphatic rings. The average molecular weight is 590 g/mol. The van der Waals surface area contributed by atoms with Gasteiger partial charge < -0.3 is 15.5 Å². The molecule has 1 aliphatic carbocycles. The second kappa shape index (κ2) is 11.5. The minimum Gasteiger partial charge on any atom is -0.384 e. The number of hydrogen-bond acceptors (Lipinski definition) is 8. The second-order valence-electron chi connectivity index (χ2n) is 11.1. The third-order valence-electron chi connectivity index (χ3n) is 8.31. The van der Waals surface area contributed by atoms with Crippen molar-refractivity contribution in [2.75, 3.05) is 22.9 Å². The van der Waals surface area contributed by atoms with Crippen LogP contribution in [0.15, 0.2) is 52.8 Å². The molecule has 0 aromatic carbocycles. The highest BCUT2D eigenvalue weighted by Crippen LogP contribution is 2.50. The molecule has 5 heterocycles. The third kappa shape index (κ3) is 5.42. The summed E-state index contributed by atoms with van der Waals surface area (Å²) >= 11 is 8.01. The van der Waals surface area contributed by atoms with Gasteiger partial charge in [0.2, 0.25) is 5.95 Å². The molecule has 1 atom stereocenters. The summed E-state index contributed by atoms with van der Waals surface area (Å²) in [7, 11) is 42.5. The Bertz CT molecular complexity index is 1650. The van der Waals surface area contributed by atoms with Gasteiger partial charge in [-0.3, -0.25) is 9.38 Å². The van der Waals surface area contributed by atoms with E-state index in [0.717, 1.165) is 30.5 Å². The van der Waals surface area contributed by atoms with Gasteiger partial charge in [-0.15, -0.1) is 0 Å². The maximum absolute atomic E-state index is 6.78. The van der Waals surface area contributed by atoms with Crippen LogP contribution in [0.5, 0.6) is 0 Å².